The number of ether oxygens (including phenoxy) is 1. The van der Waals surface area contributed by atoms with Gasteiger partial charge in [0, 0.05) is 16.5 Å². The second-order valence-electron chi connectivity index (χ2n) is 8.83. The average molecular weight is 536 g/mol. The summed E-state index contributed by atoms with van der Waals surface area (Å²) in [6.45, 7) is 7.84. The fraction of sp³-hybridized carbons (Fsp3) is 0.250. The third kappa shape index (κ3) is 6.26. The molecule has 7 nitrogen and oxygen atoms in total. The van der Waals surface area contributed by atoms with Gasteiger partial charge >= 0.3 is 6.03 Å². The minimum absolute atomic E-state index is 0.312. The fourth-order valence-corrected chi connectivity index (χ4v) is 5.10. The Morgan fingerprint density at radius 1 is 1.03 bits per heavy atom. The van der Waals surface area contributed by atoms with Crippen molar-refractivity contribution in [3.8, 4) is 11.4 Å². The van der Waals surface area contributed by atoms with Gasteiger partial charge in [0.05, 0.1) is 18.8 Å². The lowest BCUT2D eigenvalue weighted by Gasteiger charge is -2.19. The highest BCUT2D eigenvalue weighted by molar-refractivity contribution is 7.98. The number of para-hydroxylation sites is 1. The third-order valence-corrected chi connectivity index (χ3v) is 7.26. The van der Waals surface area contributed by atoms with Gasteiger partial charge in [-0.1, -0.05) is 59.8 Å². The zero-order valence-corrected chi connectivity index (χ0v) is 23.1. The van der Waals surface area contributed by atoms with E-state index >= 15 is 0 Å². The standard InChI is InChI=1S/C28H30ClN5O2S/c1-17-12-13-22(29)15-24(17)34-26(20(4)30-27(35)31-25-18(2)8-6-9-19(25)3)32-33-28(34)37-16-21-10-7-11-23(14-21)36-5/h6-15,20H,16H2,1-5H3,(H2,30,31,35). The van der Waals surface area contributed by atoms with Crippen molar-refractivity contribution in [1.29, 1.82) is 0 Å². The van der Waals surface area contributed by atoms with Crippen LogP contribution in [-0.2, 0) is 5.75 Å². The molecule has 1 unspecified atom stereocenters. The topological polar surface area (TPSA) is 81.1 Å². The Bertz CT molecular complexity index is 1400. The van der Waals surface area contributed by atoms with E-state index < -0.39 is 6.04 Å². The maximum Gasteiger partial charge on any atom is 0.319 e. The number of hydrogen-bond acceptors (Lipinski definition) is 5. The summed E-state index contributed by atoms with van der Waals surface area (Å²) in [5.41, 5.74) is 5.77. The Morgan fingerprint density at radius 2 is 1.76 bits per heavy atom. The van der Waals surface area contributed by atoms with Gasteiger partial charge in [0.25, 0.3) is 0 Å². The van der Waals surface area contributed by atoms with Gasteiger partial charge in [-0.05, 0) is 74.2 Å². The molecule has 4 aromatic rings. The largest absolute Gasteiger partial charge is 0.497 e. The minimum atomic E-state index is -0.429. The van der Waals surface area contributed by atoms with Crippen molar-refractivity contribution in [2.24, 2.45) is 0 Å². The number of thioether (sulfide) groups is 1. The van der Waals surface area contributed by atoms with Gasteiger partial charge in [-0.25, -0.2) is 4.79 Å². The van der Waals surface area contributed by atoms with E-state index in [2.05, 4.69) is 20.8 Å². The number of rotatable bonds is 8. The quantitative estimate of drug-likeness (QED) is 0.237. The fourth-order valence-electron chi connectivity index (χ4n) is 4.04. The smallest absolute Gasteiger partial charge is 0.319 e. The SMILES string of the molecule is COc1cccc(CSc2nnc(C(C)NC(=O)Nc3c(C)cccc3C)n2-c2cc(Cl)ccc2C)c1. The van der Waals surface area contributed by atoms with Crippen molar-refractivity contribution >= 4 is 35.1 Å². The highest BCUT2D eigenvalue weighted by Crippen LogP contribution is 2.31. The number of methoxy groups -OCH3 is 1. The van der Waals surface area contributed by atoms with Gasteiger partial charge in [0.15, 0.2) is 11.0 Å². The Kier molecular flexibility index (Phi) is 8.41. The van der Waals surface area contributed by atoms with Crippen LogP contribution >= 0.6 is 23.4 Å². The first-order valence-electron chi connectivity index (χ1n) is 11.9. The molecule has 0 radical (unpaired) electrons. The number of anilines is 1. The van der Waals surface area contributed by atoms with E-state index in [1.54, 1.807) is 18.9 Å². The molecule has 37 heavy (non-hydrogen) atoms. The Labute approximate surface area is 226 Å². The number of carbonyl (C=O) groups is 1. The summed E-state index contributed by atoms with van der Waals surface area (Å²) in [4.78, 5) is 12.9. The summed E-state index contributed by atoms with van der Waals surface area (Å²) in [7, 11) is 1.65. The lowest BCUT2D eigenvalue weighted by molar-refractivity contribution is 0.248. The molecule has 0 bridgehead atoms. The van der Waals surface area contributed by atoms with E-state index in [9.17, 15) is 4.79 Å². The van der Waals surface area contributed by atoms with Crippen LogP contribution in [0.15, 0.2) is 65.8 Å². The van der Waals surface area contributed by atoms with Crippen LogP contribution in [0, 0.1) is 20.8 Å². The number of carbonyl (C=O) groups excluding carboxylic acids is 1. The molecule has 0 aliphatic rings. The molecule has 2 amide bonds. The molecule has 1 aromatic heterocycles. The van der Waals surface area contributed by atoms with Crippen LogP contribution in [0.5, 0.6) is 5.75 Å². The lowest BCUT2D eigenvalue weighted by atomic mass is 10.1. The van der Waals surface area contributed by atoms with E-state index in [4.69, 9.17) is 16.3 Å². The summed E-state index contributed by atoms with van der Waals surface area (Å²) in [6, 6.07) is 18.8. The number of nitrogens with one attached hydrogen (secondary N) is 2. The molecule has 1 heterocycles. The molecule has 0 saturated heterocycles. The zero-order valence-electron chi connectivity index (χ0n) is 21.5. The van der Waals surface area contributed by atoms with Crippen LogP contribution in [0.4, 0.5) is 10.5 Å². The predicted octanol–water partition coefficient (Wildman–Crippen LogP) is 7.03. The first-order valence-corrected chi connectivity index (χ1v) is 13.2. The number of aromatic nitrogens is 3. The molecular weight excluding hydrogens is 506 g/mol. The highest BCUT2D eigenvalue weighted by atomic mass is 35.5. The van der Waals surface area contributed by atoms with Crippen molar-refractivity contribution in [2.45, 2.75) is 44.6 Å². The van der Waals surface area contributed by atoms with E-state index in [0.29, 0.717) is 21.8 Å². The summed E-state index contributed by atoms with van der Waals surface area (Å²) in [5.74, 6) is 2.08. The second-order valence-corrected chi connectivity index (χ2v) is 10.2. The maximum atomic E-state index is 12.9. The van der Waals surface area contributed by atoms with Crippen molar-refractivity contribution in [1.82, 2.24) is 20.1 Å². The van der Waals surface area contributed by atoms with Gasteiger partial charge in [-0.3, -0.25) is 4.57 Å². The summed E-state index contributed by atoms with van der Waals surface area (Å²) >= 11 is 7.93. The highest BCUT2D eigenvalue weighted by Gasteiger charge is 2.23. The molecule has 0 saturated carbocycles. The van der Waals surface area contributed by atoms with Gasteiger partial charge in [0.1, 0.15) is 5.75 Å². The molecule has 0 aliphatic carbocycles. The van der Waals surface area contributed by atoms with E-state index in [1.807, 2.05) is 92.9 Å². The molecule has 0 spiro atoms. The normalized spacial score (nSPS) is 11.7. The van der Waals surface area contributed by atoms with E-state index in [0.717, 1.165) is 39.4 Å². The molecule has 3 aromatic carbocycles. The Morgan fingerprint density at radius 3 is 2.49 bits per heavy atom. The number of aryl methyl sites for hydroxylation is 3. The monoisotopic (exact) mass is 535 g/mol. The van der Waals surface area contributed by atoms with Gasteiger partial charge in [-0.2, -0.15) is 0 Å². The first-order chi connectivity index (χ1) is 17.8. The molecule has 0 fully saturated rings. The van der Waals surface area contributed by atoms with E-state index in [-0.39, 0.29) is 6.03 Å². The van der Waals surface area contributed by atoms with E-state index in [1.165, 1.54) is 0 Å². The first kappa shape index (κ1) is 26.6. The molecular formula is C28H30ClN5O2S. The van der Waals surface area contributed by atoms with Crippen molar-refractivity contribution in [2.75, 3.05) is 12.4 Å². The van der Waals surface area contributed by atoms with Gasteiger partial charge < -0.3 is 15.4 Å². The summed E-state index contributed by atoms with van der Waals surface area (Å²) in [6.07, 6.45) is 0. The molecule has 9 heteroatoms. The Balaban J connectivity index is 1.62. The summed E-state index contributed by atoms with van der Waals surface area (Å²) in [5, 5.41) is 16.3. The van der Waals surface area contributed by atoms with Crippen LogP contribution in [0.25, 0.3) is 5.69 Å². The molecule has 2 N–H and O–H groups in total. The number of benzene rings is 3. The molecule has 0 aliphatic heterocycles. The second kappa shape index (κ2) is 11.7. The number of amides is 2. The molecule has 1 atom stereocenters. The maximum absolute atomic E-state index is 12.9. The third-order valence-electron chi connectivity index (χ3n) is 6.03. The van der Waals surface area contributed by atoms with Crippen LogP contribution in [0.1, 0.15) is 41.0 Å². The number of nitrogens with zero attached hydrogens (tertiary/aromatic N) is 3. The predicted molar refractivity (Wildman–Crippen MR) is 150 cm³/mol. The number of hydrogen-bond donors (Lipinski definition) is 2. The molecule has 192 valence electrons. The number of urea groups is 1. The summed E-state index contributed by atoms with van der Waals surface area (Å²) < 4.78 is 7.32. The van der Waals surface area contributed by atoms with Gasteiger partial charge in [0.2, 0.25) is 0 Å². The lowest BCUT2D eigenvalue weighted by Crippen LogP contribution is -2.33. The molecule has 4 rings (SSSR count). The van der Waals surface area contributed by atoms with Gasteiger partial charge in [-0.15, -0.1) is 10.2 Å². The average Bonchev–Trinajstić information content (AvgIpc) is 3.30. The number of halogens is 1. The van der Waals surface area contributed by atoms with Crippen molar-refractivity contribution in [3.05, 3.63) is 93.8 Å². The Hall–Kier alpha value is -3.49. The van der Waals surface area contributed by atoms with Crippen molar-refractivity contribution in [3.63, 3.8) is 0 Å². The van der Waals surface area contributed by atoms with Crippen LogP contribution < -0.4 is 15.4 Å². The van der Waals surface area contributed by atoms with Crippen LogP contribution in [0.3, 0.4) is 0 Å². The van der Waals surface area contributed by atoms with Crippen LogP contribution in [0.2, 0.25) is 5.02 Å². The minimum Gasteiger partial charge on any atom is -0.497 e. The van der Waals surface area contributed by atoms with Crippen molar-refractivity contribution < 1.29 is 9.53 Å². The zero-order chi connectivity index (χ0) is 26.5. The van der Waals surface area contributed by atoms with Crippen LogP contribution in [-0.4, -0.2) is 27.9 Å².